The van der Waals surface area contributed by atoms with Gasteiger partial charge < -0.3 is 0 Å². The summed E-state index contributed by atoms with van der Waals surface area (Å²) in [5, 5.41) is 0. The first-order valence-corrected chi connectivity index (χ1v) is 6.39. The zero-order valence-corrected chi connectivity index (χ0v) is 10.4. The van der Waals surface area contributed by atoms with Crippen LogP contribution in [0.2, 0.25) is 0 Å². The summed E-state index contributed by atoms with van der Waals surface area (Å²) in [5.74, 6) is 0.182. The lowest BCUT2D eigenvalue weighted by atomic mass is 9.90. The van der Waals surface area contributed by atoms with Gasteiger partial charge in [0.25, 0.3) is 0 Å². The lowest BCUT2D eigenvalue weighted by Crippen LogP contribution is -2.00. The molecule has 16 heavy (non-hydrogen) atoms. The molecule has 0 radical (unpaired) electrons. The van der Waals surface area contributed by atoms with Gasteiger partial charge in [0, 0.05) is 6.20 Å². The number of halogens is 1. The highest BCUT2D eigenvalue weighted by Gasteiger charge is 2.11. The Bertz CT molecular complexity index is 273. The monoisotopic (exact) mass is 223 g/mol. The molecule has 0 unspecified atom stereocenters. The molecule has 90 valence electrons. The maximum atomic E-state index is 12.7. The number of hydrogen-bond acceptors (Lipinski definition) is 1. The van der Waals surface area contributed by atoms with Gasteiger partial charge in [0.1, 0.15) is 0 Å². The zero-order valence-electron chi connectivity index (χ0n) is 10.4. The third-order valence-corrected chi connectivity index (χ3v) is 3.03. The summed E-state index contributed by atoms with van der Waals surface area (Å²) in [6, 6.07) is 3.36. The van der Waals surface area contributed by atoms with Crippen molar-refractivity contribution in [1.82, 2.24) is 4.98 Å². The molecule has 1 rings (SSSR count). The van der Waals surface area contributed by atoms with Gasteiger partial charge in [-0.2, -0.15) is 4.39 Å². The Labute approximate surface area is 98.1 Å². The topological polar surface area (TPSA) is 12.9 Å². The van der Waals surface area contributed by atoms with Crippen LogP contribution in [0.1, 0.15) is 63.9 Å². The maximum Gasteiger partial charge on any atom is 0.212 e. The summed E-state index contributed by atoms with van der Waals surface area (Å²) < 4.78 is 12.7. The van der Waals surface area contributed by atoms with Crippen LogP contribution >= 0.6 is 0 Å². The van der Waals surface area contributed by atoms with Gasteiger partial charge >= 0.3 is 0 Å². The molecule has 0 aliphatic carbocycles. The van der Waals surface area contributed by atoms with E-state index < -0.39 is 0 Å². The number of aromatic nitrogens is 1. The summed E-state index contributed by atoms with van der Waals surface area (Å²) in [5.41, 5.74) is 1.20. The van der Waals surface area contributed by atoms with Crippen molar-refractivity contribution in [3.8, 4) is 0 Å². The summed E-state index contributed by atoms with van der Waals surface area (Å²) in [7, 11) is 0. The second-order valence-corrected chi connectivity index (χ2v) is 4.40. The average molecular weight is 223 g/mol. The fraction of sp³-hybridized carbons (Fsp3) is 0.643. The van der Waals surface area contributed by atoms with Crippen molar-refractivity contribution < 1.29 is 4.39 Å². The van der Waals surface area contributed by atoms with E-state index in [1.165, 1.54) is 50.2 Å². The first kappa shape index (κ1) is 13.1. The highest BCUT2D eigenvalue weighted by Crippen LogP contribution is 2.27. The van der Waals surface area contributed by atoms with Gasteiger partial charge in [-0.15, -0.1) is 0 Å². The van der Waals surface area contributed by atoms with E-state index in [1.54, 1.807) is 6.20 Å². The van der Waals surface area contributed by atoms with Crippen LogP contribution in [-0.2, 0) is 0 Å². The fourth-order valence-corrected chi connectivity index (χ4v) is 2.01. The molecule has 0 N–H and O–H groups in total. The maximum absolute atomic E-state index is 12.7. The molecule has 0 atom stereocenters. The van der Waals surface area contributed by atoms with Crippen LogP contribution in [0.4, 0.5) is 4.39 Å². The third kappa shape index (κ3) is 4.30. The molecule has 2 heteroatoms. The summed E-state index contributed by atoms with van der Waals surface area (Å²) in [6.07, 6.45) is 9.02. The quantitative estimate of drug-likeness (QED) is 0.611. The van der Waals surface area contributed by atoms with Gasteiger partial charge in [0.15, 0.2) is 0 Å². The van der Waals surface area contributed by atoms with E-state index in [9.17, 15) is 4.39 Å². The van der Waals surface area contributed by atoms with Gasteiger partial charge in [0.2, 0.25) is 5.95 Å². The van der Waals surface area contributed by atoms with Crippen molar-refractivity contribution in [1.29, 1.82) is 0 Å². The summed E-state index contributed by atoms with van der Waals surface area (Å²) >= 11 is 0. The van der Waals surface area contributed by atoms with Crippen molar-refractivity contribution >= 4 is 0 Å². The second-order valence-electron chi connectivity index (χ2n) is 4.40. The molecule has 0 amide bonds. The molecular formula is C14H22FN. The third-order valence-electron chi connectivity index (χ3n) is 3.03. The summed E-state index contributed by atoms with van der Waals surface area (Å²) in [6.45, 7) is 4.42. The first-order chi connectivity index (χ1) is 7.77. The minimum atomic E-state index is -0.381. The van der Waals surface area contributed by atoms with Crippen LogP contribution in [0.3, 0.4) is 0 Å². The minimum Gasteiger partial charge on any atom is -0.228 e. The number of pyridine rings is 1. The highest BCUT2D eigenvalue weighted by atomic mass is 19.1. The molecule has 1 aromatic rings. The van der Waals surface area contributed by atoms with E-state index in [0.29, 0.717) is 5.92 Å². The molecule has 0 fully saturated rings. The first-order valence-electron chi connectivity index (χ1n) is 6.39. The highest BCUT2D eigenvalue weighted by molar-refractivity contribution is 5.15. The molecule has 0 spiro atoms. The van der Waals surface area contributed by atoms with Crippen LogP contribution in [0.25, 0.3) is 0 Å². The fourth-order valence-electron chi connectivity index (χ4n) is 2.01. The lowest BCUT2D eigenvalue weighted by Gasteiger charge is -2.16. The number of nitrogens with zero attached hydrogens (tertiary/aromatic N) is 1. The average Bonchev–Trinajstić information content (AvgIpc) is 2.31. The van der Waals surface area contributed by atoms with Crippen molar-refractivity contribution in [2.75, 3.05) is 0 Å². The Kier molecular flexibility index (Phi) is 6.05. The normalized spacial score (nSPS) is 11.0. The van der Waals surface area contributed by atoms with Gasteiger partial charge in [-0.3, -0.25) is 0 Å². The largest absolute Gasteiger partial charge is 0.228 e. The predicted molar refractivity (Wildman–Crippen MR) is 66.0 cm³/mol. The van der Waals surface area contributed by atoms with E-state index in [-0.39, 0.29) is 5.95 Å². The predicted octanol–water partition coefficient (Wildman–Crippen LogP) is 4.68. The van der Waals surface area contributed by atoms with Crippen molar-refractivity contribution in [2.45, 2.75) is 58.3 Å². The molecular weight excluding hydrogens is 201 g/mol. The lowest BCUT2D eigenvalue weighted by molar-refractivity contribution is 0.518. The van der Waals surface area contributed by atoms with Gasteiger partial charge in [-0.05, 0) is 30.4 Å². The van der Waals surface area contributed by atoms with Gasteiger partial charge in [0.05, 0.1) is 0 Å². The molecule has 0 aliphatic rings. The van der Waals surface area contributed by atoms with Crippen LogP contribution in [0.15, 0.2) is 18.3 Å². The molecule has 0 aromatic carbocycles. The van der Waals surface area contributed by atoms with Gasteiger partial charge in [-0.25, -0.2) is 4.98 Å². The van der Waals surface area contributed by atoms with Gasteiger partial charge in [-0.1, -0.05) is 45.6 Å². The molecule has 1 nitrogen and oxygen atoms in total. The Morgan fingerprint density at radius 1 is 1.12 bits per heavy atom. The van der Waals surface area contributed by atoms with E-state index in [2.05, 4.69) is 18.8 Å². The molecule has 0 saturated heterocycles. The van der Waals surface area contributed by atoms with Crippen molar-refractivity contribution in [3.63, 3.8) is 0 Å². The Morgan fingerprint density at radius 3 is 2.19 bits per heavy atom. The molecule has 0 bridgehead atoms. The van der Waals surface area contributed by atoms with E-state index in [1.807, 2.05) is 6.07 Å². The Balaban J connectivity index is 2.62. The summed E-state index contributed by atoms with van der Waals surface area (Å²) in [4.78, 5) is 3.75. The van der Waals surface area contributed by atoms with E-state index >= 15 is 0 Å². The zero-order chi connectivity index (χ0) is 11.8. The molecule has 1 heterocycles. The Morgan fingerprint density at radius 2 is 1.75 bits per heavy atom. The SMILES string of the molecule is CCCCC(CCCC)c1ccc(F)nc1. The smallest absolute Gasteiger partial charge is 0.212 e. The minimum absolute atomic E-state index is 0.381. The molecule has 0 saturated carbocycles. The molecule has 1 aromatic heterocycles. The van der Waals surface area contributed by atoms with Crippen LogP contribution in [0.5, 0.6) is 0 Å². The standard InChI is InChI=1S/C14H22FN/c1-3-5-7-12(8-6-4-2)13-9-10-14(15)16-11-13/h9-12H,3-8H2,1-2H3. The number of hydrogen-bond donors (Lipinski definition) is 0. The second kappa shape index (κ2) is 7.37. The van der Waals surface area contributed by atoms with Crippen molar-refractivity contribution in [2.24, 2.45) is 0 Å². The number of rotatable bonds is 7. The number of unbranched alkanes of at least 4 members (excludes halogenated alkanes) is 2. The van der Waals surface area contributed by atoms with E-state index in [0.717, 1.165) is 0 Å². The van der Waals surface area contributed by atoms with Crippen LogP contribution < -0.4 is 0 Å². The van der Waals surface area contributed by atoms with Crippen LogP contribution in [0, 0.1) is 5.95 Å². The Hall–Kier alpha value is -0.920. The molecule has 0 aliphatic heterocycles. The van der Waals surface area contributed by atoms with E-state index in [4.69, 9.17) is 0 Å². The van der Waals surface area contributed by atoms with Crippen molar-refractivity contribution in [3.05, 3.63) is 29.8 Å². The van der Waals surface area contributed by atoms with Crippen LogP contribution in [-0.4, -0.2) is 4.98 Å².